The molecule has 1 fully saturated rings. The van der Waals surface area contributed by atoms with E-state index in [1.54, 1.807) is 24.3 Å². The molecule has 0 radical (unpaired) electrons. The number of hydrogen-bond acceptors (Lipinski definition) is 10. The van der Waals surface area contributed by atoms with E-state index in [9.17, 15) is 13.2 Å². The van der Waals surface area contributed by atoms with Gasteiger partial charge in [0.1, 0.15) is 24.1 Å². The van der Waals surface area contributed by atoms with Crippen LogP contribution in [0, 0.1) is 11.6 Å². The lowest BCUT2D eigenvalue weighted by Crippen LogP contribution is -2.96. The Morgan fingerprint density at radius 3 is 2.22 bits per heavy atom. The minimum Gasteiger partial charge on any atom is -0.368 e. The van der Waals surface area contributed by atoms with E-state index in [-0.39, 0.29) is 23.3 Å². The fourth-order valence-electron chi connectivity index (χ4n) is 5.62. The largest absolute Gasteiger partial charge is 0.368 e. The molecule has 1 saturated heterocycles. The summed E-state index contributed by atoms with van der Waals surface area (Å²) in [7, 11) is 0. The molecule has 1 aliphatic heterocycles. The molecule has 1 aliphatic carbocycles. The molecule has 0 spiro atoms. The summed E-state index contributed by atoms with van der Waals surface area (Å²) in [5.41, 5.74) is 48.7. The number of allylic oxidation sites excluding steroid dienone is 5. The number of nitrogens with one attached hydrogen (secondary N) is 1. The SMILES string of the molecule is CC/C(=C\C=C(/CF)CCC1=CCC(NC(N)(N)C(N)(N)C(N)(N)C(N)N)CC1)c1ccc(-c2ccc(C3CO3)c(F)c2F)cc1. The zero-order valence-electron chi connectivity index (χ0n) is 26.2. The number of rotatable bonds is 14. The highest BCUT2D eigenvalue weighted by Crippen LogP contribution is 2.36. The van der Waals surface area contributed by atoms with E-state index >= 15 is 0 Å². The van der Waals surface area contributed by atoms with Crippen LogP contribution in [0.25, 0.3) is 16.7 Å². The predicted molar refractivity (Wildman–Crippen MR) is 176 cm³/mol. The maximum absolute atomic E-state index is 14.8. The van der Waals surface area contributed by atoms with Gasteiger partial charge in [0.2, 0.25) is 0 Å². The molecule has 2 atom stereocenters. The Balaban J connectivity index is 1.36. The van der Waals surface area contributed by atoms with Gasteiger partial charge in [0.25, 0.3) is 0 Å². The van der Waals surface area contributed by atoms with Crippen LogP contribution < -0.4 is 51.2 Å². The predicted octanol–water partition coefficient (Wildman–Crippen LogP) is 2.28. The lowest BCUT2D eigenvalue weighted by Gasteiger charge is -2.52. The highest BCUT2D eigenvalue weighted by Gasteiger charge is 2.55. The maximum atomic E-state index is 14.8. The van der Waals surface area contributed by atoms with Crippen molar-refractivity contribution in [3.8, 4) is 11.1 Å². The van der Waals surface area contributed by atoms with Gasteiger partial charge in [-0.25, -0.2) is 13.2 Å². The van der Waals surface area contributed by atoms with E-state index in [1.165, 1.54) is 5.57 Å². The summed E-state index contributed by atoms with van der Waals surface area (Å²) in [4.78, 5) is 0. The van der Waals surface area contributed by atoms with Crippen molar-refractivity contribution in [1.29, 1.82) is 0 Å². The van der Waals surface area contributed by atoms with Crippen molar-refractivity contribution in [2.24, 2.45) is 45.9 Å². The fourth-order valence-corrected chi connectivity index (χ4v) is 5.62. The van der Waals surface area contributed by atoms with E-state index in [0.29, 0.717) is 49.8 Å². The number of nitrogens with two attached hydrogens (primary N) is 8. The summed E-state index contributed by atoms with van der Waals surface area (Å²) in [6, 6.07) is 10.2. The number of hydrogen-bond donors (Lipinski definition) is 9. The third-order valence-corrected chi connectivity index (χ3v) is 9.10. The smallest absolute Gasteiger partial charge is 0.167 e. The highest BCUT2D eigenvalue weighted by molar-refractivity contribution is 5.72. The topological polar surface area (TPSA) is 233 Å². The van der Waals surface area contributed by atoms with Crippen LogP contribution in [0.3, 0.4) is 0 Å². The lowest BCUT2D eigenvalue weighted by molar-refractivity contribution is 0.0660. The third kappa shape index (κ3) is 7.77. The number of benzene rings is 2. The Labute approximate surface area is 268 Å². The molecule has 4 rings (SSSR count). The first-order chi connectivity index (χ1) is 21.6. The fraction of sp³-hybridized carbons (Fsp3) is 0.455. The Bertz CT molecular complexity index is 1470. The summed E-state index contributed by atoms with van der Waals surface area (Å²) in [5, 5.41) is 3.05. The first kappa shape index (κ1) is 35.9. The maximum Gasteiger partial charge on any atom is 0.167 e. The average molecular weight is 644 g/mol. The van der Waals surface area contributed by atoms with Gasteiger partial charge in [-0.3, -0.25) is 16.8 Å². The minimum atomic E-state index is -2.04. The zero-order chi connectivity index (χ0) is 33.9. The summed E-state index contributed by atoms with van der Waals surface area (Å²) >= 11 is 0. The molecule has 1 heterocycles. The summed E-state index contributed by atoms with van der Waals surface area (Å²) < 4.78 is 48.4. The van der Waals surface area contributed by atoms with E-state index in [4.69, 9.17) is 50.6 Å². The Morgan fingerprint density at radius 1 is 1.00 bits per heavy atom. The second kappa shape index (κ2) is 14.4. The van der Waals surface area contributed by atoms with Crippen molar-refractivity contribution in [3.63, 3.8) is 0 Å². The van der Waals surface area contributed by atoms with Crippen LogP contribution in [0.1, 0.15) is 62.7 Å². The van der Waals surface area contributed by atoms with Crippen molar-refractivity contribution in [1.82, 2.24) is 5.32 Å². The molecular formula is C33H48F3N9O. The minimum absolute atomic E-state index is 0.153. The quantitative estimate of drug-likeness (QED) is 0.0630. The Morgan fingerprint density at radius 2 is 1.67 bits per heavy atom. The van der Waals surface area contributed by atoms with Gasteiger partial charge in [0, 0.05) is 17.2 Å². The van der Waals surface area contributed by atoms with Gasteiger partial charge in [-0.05, 0) is 60.8 Å². The van der Waals surface area contributed by atoms with Crippen molar-refractivity contribution in [2.75, 3.05) is 13.3 Å². The van der Waals surface area contributed by atoms with Crippen LogP contribution >= 0.6 is 0 Å². The van der Waals surface area contributed by atoms with Crippen LogP contribution in [0.4, 0.5) is 13.2 Å². The molecule has 252 valence electrons. The van der Waals surface area contributed by atoms with Gasteiger partial charge in [0.05, 0.1) is 12.8 Å². The van der Waals surface area contributed by atoms with Crippen molar-refractivity contribution in [2.45, 2.75) is 80.9 Å². The molecule has 17 N–H and O–H groups in total. The van der Waals surface area contributed by atoms with E-state index in [2.05, 4.69) is 11.4 Å². The monoisotopic (exact) mass is 643 g/mol. The number of alkyl halides is 1. The van der Waals surface area contributed by atoms with E-state index in [1.807, 2.05) is 31.2 Å². The molecule has 2 aromatic rings. The van der Waals surface area contributed by atoms with Gasteiger partial charge in [0.15, 0.2) is 17.4 Å². The zero-order valence-corrected chi connectivity index (χ0v) is 26.2. The van der Waals surface area contributed by atoms with Gasteiger partial charge < -0.3 is 39.1 Å². The molecule has 2 aromatic carbocycles. The second-order valence-electron chi connectivity index (χ2n) is 12.4. The van der Waals surface area contributed by atoms with Crippen LogP contribution in [0.5, 0.6) is 0 Å². The molecule has 2 aliphatic rings. The molecule has 2 unspecified atom stereocenters. The number of halogens is 3. The van der Waals surface area contributed by atoms with Crippen LogP contribution in [-0.4, -0.2) is 42.6 Å². The van der Waals surface area contributed by atoms with Crippen LogP contribution in [0.2, 0.25) is 0 Å². The molecule has 46 heavy (non-hydrogen) atoms. The molecule has 10 nitrogen and oxygen atoms in total. The van der Waals surface area contributed by atoms with E-state index in [0.717, 1.165) is 17.6 Å². The van der Waals surface area contributed by atoms with Gasteiger partial charge in [-0.15, -0.1) is 0 Å². The molecule has 0 saturated carbocycles. The lowest BCUT2D eigenvalue weighted by atomic mass is 9.85. The summed E-state index contributed by atoms with van der Waals surface area (Å²) in [6.07, 6.45) is 8.17. The van der Waals surface area contributed by atoms with Gasteiger partial charge >= 0.3 is 0 Å². The van der Waals surface area contributed by atoms with Gasteiger partial charge in [-0.2, -0.15) is 0 Å². The van der Waals surface area contributed by atoms with Crippen molar-refractivity contribution < 1.29 is 17.9 Å². The standard InChI is InChI=1S/C33H48F3N9O/c1-2-21(22-9-11-23(12-10-22)25-15-16-26(27-18-46-27)29(36)28(25)35)8-5-20(17-34)4-3-19-6-13-24(14-7-19)45-33(43,44)32(41,42)31(39,40)30(37)38/h5-6,8-12,15-16,24,27,30,45H,2-4,7,13-14,17-18,37-44H2,1H3/b20-5-,21-8+. The average Bonchev–Trinajstić information content (AvgIpc) is 3.86. The second-order valence-corrected chi connectivity index (χ2v) is 12.4. The normalized spacial score (nSPS) is 19.9. The molecule has 13 heteroatoms. The summed E-state index contributed by atoms with van der Waals surface area (Å²) in [5.74, 6) is -3.63. The Kier molecular flexibility index (Phi) is 11.3. The molecular weight excluding hydrogens is 595 g/mol. The third-order valence-electron chi connectivity index (χ3n) is 9.10. The van der Waals surface area contributed by atoms with Crippen molar-refractivity contribution >= 4 is 5.57 Å². The first-order valence-corrected chi connectivity index (χ1v) is 15.5. The number of ether oxygens (including phenoxy) is 1. The highest BCUT2D eigenvalue weighted by atomic mass is 19.2. The van der Waals surface area contributed by atoms with Crippen LogP contribution in [0.15, 0.2) is 65.8 Å². The van der Waals surface area contributed by atoms with Crippen LogP contribution in [-0.2, 0) is 4.74 Å². The Hall–Kier alpha value is -2.95. The number of epoxide rings is 1. The van der Waals surface area contributed by atoms with Gasteiger partial charge in [-0.1, -0.05) is 67.1 Å². The molecule has 0 aromatic heterocycles. The summed E-state index contributed by atoms with van der Waals surface area (Å²) in [6.45, 7) is 1.84. The van der Waals surface area contributed by atoms with Crippen molar-refractivity contribution in [3.05, 3.63) is 88.5 Å². The van der Waals surface area contributed by atoms with E-state index < -0.39 is 41.6 Å². The molecule has 0 bridgehead atoms. The molecule has 0 amide bonds. The first-order valence-electron chi connectivity index (χ1n) is 15.5.